The molecule has 0 aromatic rings. The Balaban J connectivity index is 2.41. The van der Waals surface area contributed by atoms with E-state index in [0.29, 0.717) is 5.92 Å². The number of hydrogen-bond acceptors (Lipinski definition) is 2. The molecule has 0 aromatic carbocycles. The predicted molar refractivity (Wildman–Crippen MR) is 46.6 cm³/mol. The van der Waals surface area contributed by atoms with Crippen LogP contribution in [0.15, 0.2) is 0 Å². The molecule has 2 bridgehead atoms. The van der Waals surface area contributed by atoms with Crippen LogP contribution in [0.2, 0.25) is 0 Å². The molecule has 0 radical (unpaired) electrons. The van der Waals surface area contributed by atoms with Crippen molar-refractivity contribution in [1.29, 1.82) is 0 Å². The molecule has 2 fully saturated rings. The van der Waals surface area contributed by atoms with E-state index >= 15 is 0 Å². The first-order chi connectivity index (χ1) is 5.39. The van der Waals surface area contributed by atoms with Crippen LogP contribution in [0.1, 0.15) is 33.6 Å². The molecule has 2 N–H and O–H groups in total. The molecule has 12 heavy (non-hydrogen) atoms. The number of rotatable bonds is 0. The second-order valence-electron chi connectivity index (χ2n) is 5.27. The molecule has 0 spiro atoms. The van der Waals surface area contributed by atoms with E-state index in [2.05, 4.69) is 20.8 Å². The summed E-state index contributed by atoms with van der Waals surface area (Å²) in [6.07, 6.45) is 1.16. The Morgan fingerprint density at radius 2 is 1.75 bits per heavy atom. The Bertz CT molecular complexity index is 212. The van der Waals surface area contributed by atoms with Crippen molar-refractivity contribution in [3.8, 4) is 0 Å². The maximum absolute atomic E-state index is 9.82. The van der Waals surface area contributed by atoms with Crippen molar-refractivity contribution in [2.24, 2.45) is 16.7 Å². The molecule has 2 heteroatoms. The van der Waals surface area contributed by atoms with Crippen LogP contribution in [-0.2, 0) is 0 Å². The highest BCUT2D eigenvalue weighted by Crippen LogP contribution is 2.65. The molecule has 4 atom stereocenters. The van der Waals surface area contributed by atoms with Gasteiger partial charge in [-0.2, -0.15) is 0 Å². The molecule has 70 valence electrons. The van der Waals surface area contributed by atoms with Crippen LogP contribution >= 0.6 is 0 Å². The van der Waals surface area contributed by atoms with Crippen LogP contribution in [0.4, 0.5) is 0 Å². The van der Waals surface area contributed by atoms with Gasteiger partial charge < -0.3 is 10.2 Å². The monoisotopic (exact) mass is 170 g/mol. The maximum Gasteiger partial charge on any atom is 0.0603 e. The Labute approximate surface area is 73.6 Å². The van der Waals surface area contributed by atoms with Gasteiger partial charge in [0.15, 0.2) is 0 Å². The third-order valence-corrected chi connectivity index (χ3v) is 4.71. The number of hydrogen-bond donors (Lipinski definition) is 2. The summed E-state index contributed by atoms with van der Waals surface area (Å²) >= 11 is 0. The Hall–Kier alpha value is -0.0800. The summed E-state index contributed by atoms with van der Waals surface area (Å²) in [4.78, 5) is 0. The van der Waals surface area contributed by atoms with Gasteiger partial charge in [0.1, 0.15) is 0 Å². The molecule has 2 aliphatic rings. The summed E-state index contributed by atoms with van der Waals surface area (Å²) in [6.45, 7) is 6.45. The van der Waals surface area contributed by atoms with Crippen molar-refractivity contribution in [3.63, 3.8) is 0 Å². The van der Waals surface area contributed by atoms with Crippen LogP contribution in [-0.4, -0.2) is 22.4 Å². The zero-order chi connectivity index (χ0) is 9.15. The van der Waals surface area contributed by atoms with Gasteiger partial charge in [-0.25, -0.2) is 0 Å². The van der Waals surface area contributed by atoms with Crippen LogP contribution in [0.3, 0.4) is 0 Å². The minimum Gasteiger partial charge on any atom is -0.393 e. The molecule has 0 aliphatic heterocycles. The lowest BCUT2D eigenvalue weighted by atomic mass is 9.70. The van der Waals surface area contributed by atoms with E-state index in [0.717, 1.165) is 12.8 Å². The van der Waals surface area contributed by atoms with Crippen LogP contribution < -0.4 is 0 Å². The SMILES string of the molecule is CC1(C)[C@@H]2C[C@@H](O)[C@]1(C)C[C@@H]2O. The first-order valence-corrected chi connectivity index (χ1v) is 4.76. The van der Waals surface area contributed by atoms with Gasteiger partial charge in [0, 0.05) is 5.41 Å². The third-order valence-electron chi connectivity index (χ3n) is 4.71. The molecule has 0 heterocycles. The van der Waals surface area contributed by atoms with Crippen molar-refractivity contribution in [2.75, 3.05) is 0 Å². The smallest absolute Gasteiger partial charge is 0.0603 e. The molecule has 0 unspecified atom stereocenters. The first-order valence-electron chi connectivity index (χ1n) is 4.76. The summed E-state index contributed by atoms with van der Waals surface area (Å²) in [5, 5.41) is 19.5. The summed E-state index contributed by atoms with van der Waals surface area (Å²) in [7, 11) is 0. The Morgan fingerprint density at radius 1 is 1.17 bits per heavy atom. The lowest BCUT2D eigenvalue weighted by Gasteiger charge is -2.36. The van der Waals surface area contributed by atoms with Gasteiger partial charge in [0.05, 0.1) is 12.2 Å². The fourth-order valence-corrected chi connectivity index (χ4v) is 3.26. The number of aliphatic hydroxyl groups is 2. The van der Waals surface area contributed by atoms with E-state index in [-0.39, 0.29) is 23.0 Å². The summed E-state index contributed by atoms with van der Waals surface area (Å²) < 4.78 is 0. The quantitative estimate of drug-likeness (QED) is 0.573. The van der Waals surface area contributed by atoms with Crippen molar-refractivity contribution in [2.45, 2.75) is 45.8 Å². The molecule has 2 saturated carbocycles. The molecule has 0 aromatic heterocycles. The minimum absolute atomic E-state index is 0.0584. The van der Waals surface area contributed by atoms with Crippen molar-refractivity contribution >= 4 is 0 Å². The third kappa shape index (κ3) is 0.686. The van der Waals surface area contributed by atoms with Crippen molar-refractivity contribution in [1.82, 2.24) is 0 Å². The fourth-order valence-electron chi connectivity index (χ4n) is 3.26. The number of aliphatic hydroxyl groups excluding tert-OH is 2. The van der Waals surface area contributed by atoms with Gasteiger partial charge in [0.2, 0.25) is 0 Å². The van der Waals surface area contributed by atoms with Gasteiger partial charge in [-0.3, -0.25) is 0 Å². The van der Waals surface area contributed by atoms with E-state index in [1.807, 2.05) is 0 Å². The molecule has 2 aliphatic carbocycles. The van der Waals surface area contributed by atoms with Gasteiger partial charge in [-0.15, -0.1) is 0 Å². The zero-order valence-electron chi connectivity index (χ0n) is 8.04. The molecule has 0 amide bonds. The van der Waals surface area contributed by atoms with Crippen molar-refractivity contribution in [3.05, 3.63) is 0 Å². The Morgan fingerprint density at radius 3 is 2.00 bits per heavy atom. The van der Waals surface area contributed by atoms with Crippen molar-refractivity contribution < 1.29 is 10.2 Å². The summed E-state index contributed by atoms with van der Waals surface area (Å²) in [6, 6.07) is 0. The molecular formula is C10H18O2. The van der Waals surface area contributed by atoms with E-state index < -0.39 is 0 Å². The zero-order valence-corrected chi connectivity index (χ0v) is 8.04. The topological polar surface area (TPSA) is 40.5 Å². The highest BCUT2D eigenvalue weighted by molar-refractivity contribution is 5.13. The van der Waals surface area contributed by atoms with E-state index in [9.17, 15) is 10.2 Å². The molecule has 0 saturated heterocycles. The largest absolute Gasteiger partial charge is 0.393 e. The second kappa shape index (κ2) is 2.05. The fraction of sp³-hybridized carbons (Fsp3) is 1.00. The lowest BCUT2D eigenvalue weighted by Crippen LogP contribution is -2.36. The van der Waals surface area contributed by atoms with E-state index in [4.69, 9.17) is 0 Å². The first kappa shape index (κ1) is 8.52. The molecule has 2 rings (SSSR count). The number of fused-ring (bicyclic) bond motifs is 2. The summed E-state index contributed by atoms with van der Waals surface area (Å²) in [5.41, 5.74) is 0.0446. The van der Waals surface area contributed by atoms with E-state index in [1.54, 1.807) is 0 Å². The molecule has 2 nitrogen and oxygen atoms in total. The highest BCUT2D eigenvalue weighted by atomic mass is 16.3. The second-order valence-corrected chi connectivity index (χ2v) is 5.27. The maximum atomic E-state index is 9.82. The van der Waals surface area contributed by atoms with E-state index in [1.165, 1.54) is 0 Å². The van der Waals surface area contributed by atoms with Gasteiger partial charge in [-0.05, 0) is 24.2 Å². The van der Waals surface area contributed by atoms with Gasteiger partial charge >= 0.3 is 0 Å². The molecular weight excluding hydrogens is 152 g/mol. The average molecular weight is 170 g/mol. The Kier molecular flexibility index (Phi) is 1.45. The van der Waals surface area contributed by atoms with Gasteiger partial charge in [-0.1, -0.05) is 20.8 Å². The minimum atomic E-state index is -0.208. The normalized spacial score (nSPS) is 56.2. The van der Waals surface area contributed by atoms with Crippen LogP contribution in [0.5, 0.6) is 0 Å². The van der Waals surface area contributed by atoms with Crippen LogP contribution in [0, 0.1) is 16.7 Å². The average Bonchev–Trinajstić information content (AvgIpc) is 2.18. The predicted octanol–water partition coefficient (Wildman–Crippen LogP) is 1.16. The summed E-state index contributed by atoms with van der Waals surface area (Å²) in [5.74, 6) is 0.303. The van der Waals surface area contributed by atoms with Crippen LogP contribution in [0.25, 0.3) is 0 Å². The van der Waals surface area contributed by atoms with Gasteiger partial charge in [0.25, 0.3) is 0 Å². The highest BCUT2D eigenvalue weighted by Gasteiger charge is 2.64. The lowest BCUT2D eigenvalue weighted by molar-refractivity contribution is -0.00727. The standard InChI is InChI=1S/C10H18O2/c1-9(2)6-4-8(12)10(9,3)5-7(6)11/h6-8,11-12H,4-5H2,1-3H3/t6-,7+,8-,10+/m1/s1.